The van der Waals surface area contributed by atoms with Gasteiger partial charge in [0.15, 0.2) is 6.33 Å². The highest BCUT2D eigenvalue weighted by atomic mass is 32.1. The van der Waals surface area contributed by atoms with Crippen molar-refractivity contribution in [1.29, 1.82) is 0 Å². The summed E-state index contributed by atoms with van der Waals surface area (Å²) in [5, 5.41) is 2.05. The summed E-state index contributed by atoms with van der Waals surface area (Å²) in [6.07, 6.45) is 2.72. The van der Waals surface area contributed by atoms with E-state index < -0.39 is 0 Å². The SMILES string of the molecule is Cc1[nH][c]nc1-c1cccs1. The summed E-state index contributed by atoms with van der Waals surface area (Å²) < 4.78 is 0. The number of aromatic nitrogens is 2. The minimum atomic E-state index is 1.01. The minimum Gasteiger partial charge on any atom is -0.339 e. The van der Waals surface area contributed by atoms with E-state index in [-0.39, 0.29) is 0 Å². The van der Waals surface area contributed by atoms with E-state index in [9.17, 15) is 0 Å². The number of H-pyrrole nitrogens is 1. The van der Waals surface area contributed by atoms with Gasteiger partial charge in [0.2, 0.25) is 0 Å². The highest BCUT2D eigenvalue weighted by molar-refractivity contribution is 7.13. The largest absolute Gasteiger partial charge is 0.339 e. The van der Waals surface area contributed by atoms with E-state index in [1.54, 1.807) is 11.3 Å². The molecule has 1 radical (unpaired) electrons. The number of nitrogens with zero attached hydrogens (tertiary/aromatic N) is 1. The lowest BCUT2D eigenvalue weighted by Crippen LogP contribution is -1.74. The molecule has 0 amide bonds. The van der Waals surface area contributed by atoms with Crippen LogP contribution in [0.25, 0.3) is 10.6 Å². The molecule has 0 saturated heterocycles. The fourth-order valence-electron chi connectivity index (χ4n) is 0.964. The van der Waals surface area contributed by atoms with Gasteiger partial charge in [-0.2, -0.15) is 0 Å². The fraction of sp³-hybridized carbons (Fsp3) is 0.125. The Morgan fingerprint density at radius 2 is 2.55 bits per heavy atom. The highest BCUT2D eigenvalue weighted by Gasteiger charge is 2.03. The second-order valence-electron chi connectivity index (χ2n) is 2.30. The Labute approximate surface area is 68.9 Å². The smallest absolute Gasteiger partial charge is 0.174 e. The Kier molecular flexibility index (Phi) is 1.51. The lowest BCUT2D eigenvalue weighted by Gasteiger charge is -1.90. The predicted molar refractivity (Wildman–Crippen MR) is 45.5 cm³/mol. The Balaban J connectivity index is 2.53. The van der Waals surface area contributed by atoms with E-state index in [4.69, 9.17) is 0 Å². The van der Waals surface area contributed by atoms with Gasteiger partial charge in [-0.3, -0.25) is 0 Å². The number of nitrogens with one attached hydrogen (secondary N) is 1. The first-order valence-electron chi connectivity index (χ1n) is 3.34. The summed E-state index contributed by atoms with van der Waals surface area (Å²) >= 11 is 1.69. The maximum Gasteiger partial charge on any atom is 0.174 e. The molecule has 0 aliphatic heterocycles. The summed E-state index contributed by atoms with van der Waals surface area (Å²) in [7, 11) is 0. The summed E-state index contributed by atoms with van der Waals surface area (Å²) in [4.78, 5) is 8.21. The molecule has 1 N–H and O–H groups in total. The van der Waals surface area contributed by atoms with Crippen molar-refractivity contribution in [2.24, 2.45) is 0 Å². The van der Waals surface area contributed by atoms with Crippen LogP contribution in [-0.2, 0) is 0 Å². The third-order valence-electron chi connectivity index (χ3n) is 1.52. The van der Waals surface area contributed by atoms with Crippen molar-refractivity contribution < 1.29 is 0 Å². The standard InChI is InChI=1S/C8H7N2S/c1-6-8(10-5-9-6)7-3-2-4-11-7/h2-4H,1H3,(H,9,10). The van der Waals surface area contributed by atoms with Crippen LogP contribution in [0.2, 0.25) is 0 Å². The van der Waals surface area contributed by atoms with Gasteiger partial charge in [0.1, 0.15) is 5.69 Å². The van der Waals surface area contributed by atoms with Gasteiger partial charge in [-0.1, -0.05) is 6.07 Å². The molecule has 3 heteroatoms. The zero-order valence-corrected chi connectivity index (χ0v) is 6.90. The van der Waals surface area contributed by atoms with E-state index in [0.29, 0.717) is 0 Å². The van der Waals surface area contributed by atoms with Gasteiger partial charge in [-0.15, -0.1) is 11.3 Å². The van der Waals surface area contributed by atoms with Crippen molar-refractivity contribution in [1.82, 2.24) is 9.97 Å². The molecule has 11 heavy (non-hydrogen) atoms. The lowest BCUT2D eigenvalue weighted by molar-refractivity contribution is 1.24. The third kappa shape index (κ3) is 1.07. The van der Waals surface area contributed by atoms with E-state index in [0.717, 1.165) is 11.4 Å². The molecule has 0 atom stereocenters. The molecule has 2 nitrogen and oxygen atoms in total. The van der Waals surface area contributed by atoms with Crippen molar-refractivity contribution >= 4 is 11.3 Å². The van der Waals surface area contributed by atoms with Crippen LogP contribution in [-0.4, -0.2) is 9.97 Å². The molecular formula is C8H7N2S. The van der Waals surface area contributed by atoms with Crippen LogP contribution in [0.5, 0.6) is 0 Å². The van der Waals surface area contributed by atoms with E-state index in [1.165, 1.54) is 4.88 Å². The Hall–Kier alpha value is -1.09. The molecule has 0 aliphatic carbocycles. The summed E-state index contributed by atoms with van der Waals surface area (Å²) in [6, 6.07) is 4.08. The summed E-state index contributed by atoms with van der Waals surface area (Å²) in [5.41, 5.74) is 2.09. The topological polar surface area (TPSA) is 28.7 Å². The van der Waals surface area contributed by atoms with Crippen LogP contribution in [0.1, 0.15) is 5.69 Å². The molecule has 2 aromatic rings. The second-order valence-corrected chi connectivity index (χ2v) is 3.25. The molecule has 0 spiro atoms. The Morgan fingerprint density at radius 1 is 1.64 bits per heavy atom. The molecule has 0 fully saturated rings. The number of hydrogen-bond donors (Lipinski definition) is 1. The molecule has 0 bridgehead atoms. The lowest BCUT2D eigenvalue weighted by atomic mass is 10.3. The molecule has 2 rings (SSSR count). The molecule has 2 heterocycles. The first-order valence-corrected chi connectivity index (χ1v) is 4.22. The predicted octanol–water partition coefficient (Wildman–Crippen LogP) is 2.25. The van der Waals surface area contributed by atoms with Gasteiger partial charge >= 0.3 is 0 Å². The molecule has 2 aromatic heterocycles. The van der Waals surface area contributed by atoms with Crippen LogP contribution in [0.4, 0.5) is 0 Å². The summed E-state index contributed by atoms with van der Waals surface area (Å²) in [5.74, 6) is 0. The second kappa shape index (κ2) is 2.51. The van der Waals surface area contributed by atoms with Crippen LogP contribution in [0, 0.1) is 13.3 Å². The first kappa shape index (κ1) is 6.61. The van der Waals surface area contributed by atoms with Crippen LogP contribution in [0.3, 0.4) is 0 Å². The molecule has 0 saturated carbocycles. The maximum atomic E-state index is 4.09. The number of aromatic amines is 1. The minimum absolute atomic E-state index is 1.01. The van der Waals surface area contributed by atoms with Crippen LogP contribution < -0.4 is 0 Å². The van der Waals surface area contributed by atoms with E-state index in [2.05, 4.69) is 22.4 Å². The zero-order chi connectivity index (χ0) is 7.68. The monoisotopic (exact) mass is 163 g/mol. The third-order valence-corrected chi connectivity index (χ3v) is 2.40. The van der Waals surface area contributed by atoms with Crippen molar-refractivity contribution in [2.75, 3.05) is 0 Å². The molecule has 0 aromatic carbocycles. The van der Waals surface area contributed by atoms with Crippen molar-refractivity contribution in [3.8, 4) is 10.6 Å². The fourth-order valence-corrected chi connectivity index (χ4v) is 1.74. The van der Waals surface area contributed by atoms with E-state index >= 15 is 0 Å². The Morgan fingerprint density at radius 3 is 3.09 bits per heavy atom. The van der Waals surface area contributed by atoms with Crippen molar-refractivity contribution in [2.45, 2.75) is 6.92 Å². The summed E-state index contributed by atoms with van der Waals surface area (Å²) in [6.45, 7) is 2.00. The van der Waals surface area contributed by atoms with Gasteiger partial charge in [-0.05, 0) is 18.4 Å². The highest BCUT2D eigenvalue weighted by Crippen LogP contribution is 2.23. The van der Waals surface area contributed by atoms with E-state index in [1.807, 2.05) is 18.4 Å². The average Bonchev–Trinajstić information content (AvgIpc) is 2.55. The number of imidazole rings is 1. The zero-order valence-electron chi connectivity index (χ0n) is 6.09. The number of hydrogen-bond acceptors (Lipinski definition) is 2. The van der Waals surface area contributed by atoms with Crippen molar-refractivity contribution in [3.63, 3.8) is 0 Å². The first-order chi connectivity index (χ1) is 5.38. The molecule has 0 unspecified atom stereocenters. The van der Waals surface area contributed by atoms with Crippen LogP contribution >= 0.6 is 11.3 Å². The Bertz CT molecular complexity index is 335. The molecule has 55 valence electrons. The van der Waals surface area contributed by atoms with Gasteiger partial charge < -0.3 is 4.98 Å². The van der Waals surface area contributed by atoms with Crippen molar-refractivity contribution in [3.05, 3.63) is 29.5 Å². The number of rotatable bonds is 1. The maximum absolute atomic E-state index is 4.09. The van der Waals surface area contributed by atoms with Gasteiger partial charge in [-0.25, -0.2) is 4.98 Å². The number of thiophene rings is 1. The van der Waals surface area contributed by atoms with Gasteiger partial charge in [0.05, 0.1) is 4.88 Å². The van der Waals surface area contributed by atoms with Crippen LogP contribution in [0.15, 0.2) is 17.5 Å². The van der Waals surface area contributed by atoms with Gasteiger partial charge in [0.25, 0.3) is 0 Å². The molecule has 0 aliphatic rings. The average molecular weight is 163 g/mol. The van der Waals surface area contributed by atoms with Gasteiger partial charge in [0, 0.05) is 5.69 Å². The molecular weight excluding hydrogens is 156 g/mol. The normalized spacial score (nSPS) is 10.3. The quantitative estimate of drug-likeness (QED) is 0.686. The number of aryl methyl sites for hydroxylation is 1.